The van der Waals surface area contributed by atoms with Crippen LogP contribution in [0.5, 0.6) is 0 Å². The summed E-state index contributed by atoms with van der Waals surface area (Å²) in [5.74, 6) is 0.693. The van der Waals surface area contributed by atoms with Crippen molar-refractivity contribution < 1.29 is 12.9 Å². The van der Waals surface area contributed by atoms with Crippen molar-refractivity contribution in [3.05, 3.63) is 60.4 Å². The van der Waals surface area contributed by atoms with E-state index in [9.17, 15) is 8.42 Å². The first-order chi connectivity index (χ1) is 12.3. The molecule has 0 saturated heterocycles. The molecule has 3 rings (SSSR count). The molecule has 2 aromatic carbocycles. The molecule has 1 aromatic heterocycles. The van der Waals surface area contributed by atoms with Gasteiger partial charge in [0.1, 0.15) is 11.5 Å². The van der Waals surface area contributed by atoms with Gasteiger partial charge in [0.25, 0.3) is 0 Å². The lowest BCUT2D eigenvalue weighted by Gasteiger charge is -2.21. The van der Waals surface area contributed by atoms with Gasteiger partial charge in [0.2, 0.25) is 10.0 Å². The molecular weight excluding hydrogens is 348 g/mol. The van der Waals surface area contributed by atoms with Crippen LogP contribution < -0.4 is 0 Å². The third-order valence-electron chi connectivity index (χ3n) is 4.46. The van der Waals surface area contributed by atoms with Crippen LogP contribution in [-0.4, -0.2) is 31.0 Å². The summed E-state index contributed by atoms with van der Waals surface area (Å²) in [6.45, 7) is 5.54. The molecule has 136 valence electrons. The number of aromatic nitrogens is 1. The second kappa shape index (κ2) is 7.05. The first-order valence-corrected chi connectivity index (χ1v) is 9.86. The molecule has 3 aromatic rings. The molecule has 0 atom stereocenters. The van der Waals surface area contributed by atoms with Crippen molar-refractivity contribution in [1.82, 2.24) is 9.46 Å². The van der Waals surface area contributed by atoms with Gasteiger partial charge in [-0.05, 0) is 38.5 Å². The van der Waals surface area contributed by atoms with Gasteiger partial charge < -0.3 is 4.52 Å². The summed E-state index contributed by atoms with van der Waals surface area (Å²) >= 11 is 0. The Hall–Kier alpha value is -2.44. The molecular formula is C20H22N2O3S. The van der Waals surface area contributed by atoms with Crippen molar-refractivity contribution in [1.29, 1.82) is 0 Å². The zero-order valence-corrected chi connectivity index (χ0v) is 16.1. The van der Waals surface area contributed by atoms with Crippen LogP contribution >= 0.6 is 0 Å². The number of hydrogen-bond donors (Lipinski definition) is 0. The molecule has 0 unspecified atom stereocenters. The molecule has 0 radical (unpaired) electrons. The minimum atomic E-state index is -3.50. The standard InChI is InChI=1S/C20H22N2O3S/c1-14(2)22(4)26(23,24)18-12-10-16(11-13-18)19-15(3)25-21-20(19)17-8-6-5-7-9-17/h5-14H,1-4H3. The molecule has 0 bridgehead atoms. The average molecular weight is 370 g/mol. The maximum absolute atomic E-state index is 12.6. The molecule has 26 heavy (non-hydrogen) atoms. The van der Waals surface area contributed by atoms with Crippen LogP contribution in [0, 0.1) is 6.92 Å². The largest absolute Gasteiger partial charge is 0.360 e. The van der Waals surface area contributed by atoms with Gasteiger partial charge in [-0.3, -0.25) is 0 Å². The fourth-order valence-corrected chi connectivity index (χ4v) is 4.11. The summed E-state index contributed by atoms with van der Waals surface area (Å²) in [6.07, 6.45) is 0. The van der Waals surface area contributed by atoms with E-state index in [1.807, 2.05) is 51.1 Å². The minimum Gasteiger partial charge on any atom is -0.360 e. The molecule has 0 saturated carbocycles. The molecule has 0 aliphatic rings. The summed E-state index contributed by atoms with van der Waals surface area (Å²) in [4.78, 5) is 0.271. The Balaban J connectivity index is 2.02. The summed E-state index contributed by atoms with van der Waals surface area (Å²) in [5, 5.41) is 4.18. The Morgan fingerprint density at radius 1 is 0.962 bits per heavy atom. The summed E-state index contributed by atoms with van der Waals surface area (Å²) < 4.78 is 32.0. The first kappa shape index (κ1) is 18.4. The van der Waals surface area contributed by atoms with Crippen molar-refractivity contribution in [2.24, 2.45) is 0 Å². The van der Waals surface area contributed by atoms with Crippen LogP contribution in [0.1, 0.15) is 19.6 Å². The third kappa shape index (κ3) is 3.30. The van der Waals surface area contributed by atoms with Gasteiger partial charge in [-0.25, -0.2) is 8.42 Å². The van der Waals surface area contributed by atoms with Crippen molar-refractivity contribution in [3.63, 3.8) is 0 Å². The molecule has 0 spiro atoms. The summed E-state index contributed by atoms with van der Waals surface area (Å²) in [6, 6.07) is 16.5. The zero-order valence-electron chi connectivity index (χ0n) is 15.3. The van der Waals surface area contributed by atoms with Crippen LogP contribution in [0.3, 0.4) is 0 Å². The predicted octanol–water partition coefficient (Wildman–Crippen LogP) is 4.35. The molecule has 1 heterocycles. The topological polar surface area (TPSA) is 63.4 Å². The summed E-state index contributed by atoms with van der Waals surface area (Å²) in [7, 11) is -1.91. The second-order valence-electron chi connectivity index (χ2n) is 6.47. The number of sulfonamides is 1. The Morgan fingerprint density at radius 2 is 1.58 bits per heavy atom. The van der Waals surface area contributed by atoms with Gasteiger partial charge in [0, 0.05) is 18.7 Å². The van der Waals surface area contributed by atoms with Crippen molar-refractivity contribution >= 4 is 10.0 Å². The molecule has 5 nitrogen and oxygen atoms in total. The van der Waals surface area contributed by atoms with E-state index in [4.69, 9.17) is 4.52 Å². The second-order valence-corrected chi connectivity index (χ2v) is 8.47. The van der Waals surface area contributed by atoms with E-state index in [1.165, 1.54) is 4.31 Å². The van der Waals surface area contributed by atoms with Crippen molar-refractivity contribution in [3.8, 4) is 22.4 Å². The van der Waals surface area contributed by atoms with E-state index >= 15 is 0 Å². The molecule has 6 heteroatoms. The van der Waals surface area contributed by atoms with Crippen LogP contribution in [0.15, 0.2) is 64.0 Å². The van der Waals surface area contributed by atoms with Gasteiger partial charge >= 0.3 is 0 Å². The molecule has 0 amide bonds. The fourth-order valence-electron chi connectivity index (χ4n) is 2.74. The SMILES string of the molecule is Cc1onc(-c2ccccc2)c1-c1ccc(S(=O)(=O)N(C)C(C)C)cc1. The lowest BCUT2D eigenvalue weighted by molar-refractivity contribution is 0.400. The van der Waals surface area contributed by atoms with Crippen LogP contribution in [0.4, 0.5) is 0 Å². The van der Waals surface area contributed by atoms with Gasteiger partial charge in [-0.1, -0.05) is 47.6 Å². The van der Waals surface area contributed by atoms with Crippen molar-refractivity contribution in [2.45, 2.75) is 31.7 Å². The Bertz CT molecular complexity index is 991. The number of benzene rings is 2. The smallest absolute Gasteiger partial charge is 0.243 e. The van der Waals surface area contributed by atoms with Crippen LogP contribution in [0.2, 0.25) is 0 Å². The van der Waals surface area contributed by atoms with Gasteiger partial charge in [0.15, 0.2) is 0 Å². The highest BCUT2D eigenvalue weighted by Crippen LogP contribution is 2.34. The van der Waals surface area contributed by atoms with E-state index in [2.05, 4.69) is 5.16 Å². The van der Waals surface area contributed by atoms with Gasteiger partial charge in [0.05, 0.1) is 10.5 Å². The fraction of sp³-hybridized carbons (Fsp3) is 0.250. The van der Waals surface area contributed by atoms with E-state index in [1.54, 1.807) is 31.3 Å². The zero-order chi connectivity index (χ0) is 18.9. The first-order valence-electron chi connectivity index (χ1n) is 8.42. The van der Waals surface area contributed by atoms with Crippen molar-refractivity contribution in [2.75, 3.05) is 7.05 Å². The van der Waals surface area contributed by atoms with E-state index < -0.39 is 10.0 Å². The van der Waals surface area contributed by atoms with E-state index in [-0.39, 0.29) is 10.9 Å². The highest BCUT2D eigenvalue weighted by atomic mass is 32.2. The minimum absolute atomic E-state index is 0.107. The number of rotatable bonds is 5. The quantitative estimate of drug-likeness (QED) is 0.670. The highest BCUT2D eigenvalue weighted by Gasteiger charge is 2.23. The molecule has 0 aliphatic heterocycles. The average Bonchev–Trinajstić information content (AvgIpc) is 3.03. The maximum Gasteiger partial charge on any atom is 0.243 e. The number of nitrogens with zero attached hydrogens (tertiary/aromatic N) is 2. The third-order valence-corrected chi connectivity index (χ3v) is 6.50. The van der Waals surface area contributed by atoms with Crippen LogP contribution in [-0.2, 0) is 10.0 Å². The lowest BCUT2D eigenvalue weighted by atomic mass is 10.00. The maximum atomic E-state index is 12.6. The summed E-state index contributed by atoms with van der Waals surface area (Å²) in [5.41, 5.74) is 3.44. The Kier molecular flexibility index (Phi) is 4.98. The lowest BCUT2D eigenvalue weighted by Crippen LogP contribution is -2.32. The number of hydrogen-bond acceptors (Lipinski definition) is 4. The monoisotopic (exact) mass is 370 g/mol. The Morgan fingerprint density at radius 3 is 2.15 bits per heavy atom. The van der Waals surface area contributed by atoms with Gasteiger partial charge in [-0.2, -0.15) is 4.31 Å². The normalized spacial score (nSPS) is 12.1. The van der Waals surface area contributed by atoms with E-state index in [0.717, 1.165) is 22.4 Å². The highest BCUT2D eigenvalue weighted by molar-refractivity contribution is 7.89. The molecule has 0 N–H and O–H groups in total. The van der Waals surface area contributed by atoms with Gasteiger partial charge in [-0.15, -0.1) is 0 Å². The molecule has 0 aliphatic carbocycles. The van der Waals surface area contributed by atoms with Crippen LogP contribution in [0.25, 0.3) is 22.4 Å². The van der Waals surface area contributed by atoms with E-state index in [0.29, 0.717) is 5.76 Å². The Labute approximate surface area is 154 Å². The predicted molar refractivity (Wildman–Crippen MR) is 102 cm³/mol. The molecule has 0 fully saturated rings. The number of aryl methyl sites for hydroxylation is 1.